The van der Waals surface area contributed by atoms with Gasteiger partial charge in [-0.05, 0) is 68.7 Å². The molecule has 1 heteroatoms. The summed E-state index contributed by atoms with van der Waals surface area (Å²) in [5.41, 5.74) is 5.40. The summed E-state index contributed by atoms with van der Waals surface area (Å²) in [6, 6.07) is 0.516. The van der Waals surface area contributed by atoms with Gasteiger partial charge < -0.3 is 4.90 Å². The molecule has 1 rings (SSSR count). The van der Waals surface area contributed by atoms with Gasteiger partial charge in [0, 0.05) is 17.4 Å². The lowest BCUT2D eigenvalue weighted by atomic mass is 9.96. The average Bonchev–Trinajstić information content (AvgIpc) is 2.63. The van der Waals surface area contributed by atoms with Crippen LogP contribution in [-0.4, -0.2) is 10.9 Å². The number of rotatable bonds is 8. The van der Waals surface area contributed by atoms with Gasteiger partial charge in [-0.15, -0.1) is 0 Å². The molecule has 0 saturated carbocycles. The molecule has 0 aromatic carbocycles. The summed E-state index contributed by atoms with van der Waals surface area (Å²) in [6.45, 7) is 19.5. The van der Waals surface area contributed by atoms with Crippen LogP contribution in [0.4, 0.5) is 0 Å². The van der Waals surface area contributed by atoms with Crippen LogP contribution in [0.15, 0.2) is 60.0 Å². The van der Waals surface area contributed by atoms with Crippen LogP contribution in [0.2, 0.25) is 0 Å². The van der Waals surface area contributed by atoms with Gasteiger partial charge in [0.05, 0.1) is 0 Å². The molecule has 1 nitrogen and oxygen atoms in total. The van der Waals surface area contributed by atoms with E-state index in [1.807, 2.05) is 12.2 Å². The second-order valence-corrected chi connectivity index (χ2v) is 6.93. The summed E-state index contributed by atoms with van der Waals surface area (Å²) in [7, 11) is 0. The normalized spacial score (nSPS) is 17.9. The SMILES string of the molecule is C=CC1=C(/C=C\C)N(C(CCC)CC(C)C)C(C=C)=C(C)CC1. The zero-order chi connectivity index (χ0) is 17.4. The largest absolute Gasteiger partial charge is 0.338 e. The van der Waals surface area contributed by atoms with Crippen LogP contribution < -0.4 is 0 Å². The van der Waals surface area contributed by atoms with Crippen LogP contribution in [-0.2, 0) is 0 Å². The van der Waals surface area contributed by atoms with Gasteiger partial charge in [0.1, 0.15) is 0 Å². The summed E-state index contributed by atoms with van der Waals surface area (Å²) in [6.07, 6.45) is 14.2. The molecule has 0 aromatic heterocycles. The average molecular weight is 314 g/mol. The number of hydrogen-bond acceptors (Lipinski definition) is 1. The molecule has 0 aromatic rings. The standard InChI is InChI=1S/C22H35N/c1-8-12-20(16-17(5)6)23-21(11-4)18(7)14-15-19(10-3)22(23)13-9-2/h9-11,13,17,20H,3-4,8,12,14-16H2,1-2,5-7H3/b13-9-. The Bertz CT molecular complexity index is 502. The van der Waals surface area contributed by atoms with Crippen molar-refractivity contribution in [2.45, 2.75) is 72.8 Å². The Labute approximate surface area is 144 Å². The molecule has 0 N–H and O–H groups in total. The minimum absolute atomic E-state index is 0.516. The third-order valence-electron chi connectivity index (χ3n) is 4.55. The van der Waals surface area contributed by atoms with Crippen molar-refractivity contribution in [1.82, 2.24) is 4.90 Å². The van der Waals surface area contributed by atoms with Gasteiger partial charge >= 0.3 is 0 Å². The molecule has 1 aliphatic heterocycles. The fourth-order valence-corrected chi connectivity index (χ4v) is 3.52. The Balaban J connectivity index is 3.50. The van der Waals surface area contributed by atoms with Crippen molar-refractivity contribution < 1.29 is 0 Å². The first-order valence-electron chi connectivity index (χ1n) is 9.09. The first kappa shape index (κ1) is 19.5. The van der Waals surface area contributed by atoms with E-state index in [-0.39, 0.29) is 0 Å². The fourth-order valence-electron chi connectivity index (χ4n) is 3.52. The van der Waals surface area contributed by atoms with E-state index in [9.17, 15) is 0 Å². The van der Waals surface area contributed by atoms with E-state index in [2.05, 4.69) is 64.8 Å². The summed E-state index contributed by atoms with van der Waals surface area (Å²) in [4.78, 5) is 2.55. The molecular formula is C22H35N. The van der Waals surface area contributed by atoms with Crippen LogP contribution in [0.25, 0.3) is 0 Å². The van der Waals surface area contributed by atoms with Crippen molar-refractivity contribution in [3.8, 4) is 0 Å². The Morgan fingerprint density at radius 2 is 1.83 bits per heavy atom. The molecule has 0 bridgehead atoms. The van der Waals surface area contributed by atoms with E-state index < -0.39 is 0 Å². The van der Waals surface area contributed by atoms with E-state index in [1.165, 1.54) is 41.8 Å². The van der Waals surface area contributed by atoms with Crippen molar-refractivity contribution in [3.63, 3.8) is 0 Å². The van der Waals surface area contributed by atoms with Gasteiger partial charge in [0.25, 0.3) is 0 Å². The molecule has 0 aliphatic carbocycles. The van der Waals surface area contributed by atoms with E-state index in [1.54, 1.807) is 0 Å². The van der Waals surface area contributed by atoms with Crippen molar-refractivity contribution in [2.24, 2.45) is 5.92 Å². The molecule has 0 radical (unpaired) electrons. The molecule has 1 atom stereocenters. The van der Waals surface area contributed by atoms with E-state index in [0.29, 0.717) is 12.0 Å². The van der Waals surface area contributed by atoms with E-state index in [4.69, 9.17) is 0 Å². The highest BCUT2D eigenvalue weighted by molar-refractivity contribution is 5.41. The van der Waals surface area contributed by atoms with Crippen molar-refractivity contribution in [2.75, 3.05) is 0 Å². The topological polar surface area (TPSA) is 3.24 Å². The predicted octanol–water partition coefficient (Wildman–Crippen LogP) is 6.77. The molecule has 0 saturated heterocycles. The fraction of sp³-hybridized carbons (Fsp3) is 0.545. The van der Waals surface area contributed by atoms with Crippen molar-refractivity contribution in [3.05, 3.63) is 60.0 Å². The zero-order valence-corrected chi connectivity index (χ0v) is 15.9. The van der Waals surface area contributed by atoms with Crippen molar-refractivity contribution in [1.29, 1.82) is 0 Å². The highest BCUT2D eigenvalue weighted by Gasteiger charge is 2.26. The second kappa shape index (κ2) is 9.60. The molecule has 1 heterocycles. The second-order valence-electron chi connectivity index (χ2n) is 6.93. The molecule has 0 fully saturated rings. The molecule has 1 aliphatic rings. The smallest absolute Gasteiger partial charge is 0.0442 e. The van der Waals surface area contributed by atoms with Crippen LogP contribution in [0.5, 0.6) is 0 Å². The Hall–Kier alpha value is -1.50. The summed E-state index contributed by atoms with van der Waals surface area (Å²) < 4.78 is 0. The summed E-state index contributed by atoms with van der Waals surface area (Å²) in [5.74, 6) is 0.681. The molecule has 0 spiro atoms. The monoisotopic (exact) mass is 313 g/mol. The maximum atomic E-state index is 4.12. The van der Waals surface area contributed by atoms with Gasteiger partial charge in [-0.3, -0.25) is 0 Å². The van der Waals surface area contributed by atoms with Crippen LogP contribution in [0.1, 0.15) is 66.7 Å². The third-order valence-corrected chi connectivity index (χ3v) is 4.55. The van der Waals surface area contributed by atoms with Gasteiger partial charge in [-0.25, -0.2) is 0 Å². The summed E-state index contributed by atoms with van der Waals surface area (Å²) >= 11 is 0. The quantitative estimate of drug-likeness (QED) is 0.477. The van der Waals surface area contributed by atoms with E-state index >= 15 is 0 Å². The van der Waals surface area contributed by atoms with Crippen molar-refractivity contribution >= 4 is 0 Å². The predicted molar refractivity (Wildman–Crippen MR) is 104 cm³/mol. The van der Waals surface area contributed by atoms with Crippen LogP contribution >= 0.6 is 0 Å². The number of hydrogen-bond donors (Lipinski definition) is 0. The summed E-state index contributed by atoms with van der Waals surface area (Å²) in [5, 5.41) is 0. The number of allylic oxidation sites excluding steroid dienone is 6. The maximum absolute atomic E-state index is 4.12. The molecule has 1 unspecified atom stereocenters. The third kappa shape index (κ3) is 4.99. The lowest BCUT2D eigenvalue weighted by molar-refractivity contribution is 0.265. The van der Waals surface area contributed by atoms with Crippen LogP contribution in [0, 0.1) is 5.92 Å². The Morgan fingerprint density at radius 1 is 1.13 bits per heavy atom. The zero-order valence-electron chi connectivity index (χ0n) is 15.9. The highest BCUT2D eigenvalue weighted by atomic mass is 15.2. The highest BCUT2D eigenvalue weighted by Crippen LogP contribution is 2.35. The maximum Gasteiger partial charge on any atom is 0.0442 e. The van der Waals surface area contributed by atoms with Gasteiger partial charge in [-0.1, -0.05) is 52.5 Å². The molecular weight excluding hydrogens is 278 g/mol. The Morgan fingerprint density at radius 3 is 2.30 bits per heavy atom. The lowest BCUT2D eigenvalue weighted by Gasteiger charge is -2.37. The van der Waals surface area contributed by atoms with Gasteiger partial charge in [-0.2, -0.15) is 0 Å². The molecule has 128 valence electrons. The molecule has 0 amide bonds. The molecule has 23 heavy (non-hydrogen) atoms. The first-order chi connectivity index (χ1) is 11.0. The number of nitrogens with zero attached hydrogens (tertiary/aromatic N) is 1. The first-order valence-corrected chi connectivity index (χ1v) is 9.09. The Kier molecular flexibility index (Phi) is 8.16. The van der Waals surface area contributed by atoms with Crippen LogP contribution in [0.3, 0.4) is 0 Å². The minimum Gasteiger partial charge on any atom is -0.338 e. The van der Waals surface area contributed by atoms with E-state index in [0.717, 1.165) is 12.8 Å². The van der Waals surface area contributed by atoms with Gasteiger partial charge in [0.2, 0.25) is 0 Å². The minimum atomic E-state index is 0.516. The van der Waals surface area contributed by atoms with Gasteiger partial charge in [0.15, 0.2) is 0 Å². The lowest BCUT2D eigenvalue weighted by Crippen LogP contribution is -2.35.